The van der Waals surface area contributed by atoms with Gasteiger partial charge in [0.15, 0.2) is 0 Å². The predicted molar refractivity (Wildman–Crippen MR) is 128 cm³/mol. The Labute approximate surface area is 233 Å². The van der Waals surface area contributed by atoms with E-state index in [-0.39, 0.29) is 30.2 Å². The smallest absolute Gasteiger partial charge is 0.416 e. The third-order valence-corrected chi connectivity index (χ3v) is 6.60. The van der Waals surface area contributed by atoms with Crippen molar-refractivity contribution in [3.05, 3.63) is 64.2 Å². The highest BCUT2D eigenvalue weighted by Crippen LogP contribution is 2.45. The summed E-state index contributed by atoms with van der Waals surface area (Å²) in [5, 5.41) is 9.02. The molecule has 7 nitrogen and oxygen atoms in total. The number of hydrogen-bond donors (Lipinski definition) is 1. The number of fused-ring (bicyclic) bond motifs is 1. The fourth-order valence-corrected chi connectivity index (χ4v) is 4.72. The Balaban J connectivity index is 2.22. The van der Waals surface area contributed by atoms with Crippen LogP contribution in [-0.4, -0.2) is 48.6 Å². The molecule has 1 aliphatic heterocycles. The maximum Gasteiger partial charge on any atom is 0.416 e. The van der Waals surface area contributed by atoms with Gasteiger partial charge in [-0.1, -0.05) is 6.92 Å². The SMILES string of the molecule is CCC1CC(N(Cc2cc(C(F)(F)F)cc(C(F)(F)F)c2)C(=O)OC)c2cc(C(F)(F)F)ccc2N1C(=O)OCCO. The molecule has 16 heteroatoms. The van der Waals surface area contributed by atoms with E-state index in [0.29, 0.717) is 29.2 Å². The van der Waals surface area contributed by atoms with E-state index < -0.39 is 84.8 Å². The normalized spacial score (nSPS) is 17.5. The Bertz CT molecular complexity index is 1260. The van der Waals surface area contributed by atoms with Crippen LogP contribution in [0.25, 0.3) is 0 Å². The minimum absolute atomic E-state index is 0.0967. The summed E-state index contributed by atoms with van der Waals surface area (Å²) >= 11 is 0. The van der Waals surface area contributed by atoms with Gasteiger partial charge in [0.05, 0.1) is 42.1 Å². The first kappa shape index (κ1) is 32.8. The molecule has 0 fully saturated rings. The van der Waals surface area contributed by atoms with Crippen molar-refractivity contribution in [2.24, 2.45) is 0 Å². The molecule has 2 atom stereocenters. The molecule has 42 heavy (non-hydrogen) atoms. The number of aliphatic hydroxyl groups is 1. The van der Waals surface area contributed by atoms with E-state index in [1.807, 2.05) is 0 Å². The average Bonchev–Trinajstić information content (AvgIpc) is 2.91. The Morgan fingerprint density at radius 1 is 0.929 bits per heavy atom. The van der Waals surface area contributed by atoms with E-state index >= 15 is 0 Å². The summed E-state index contributed by atoms with van der Waals surface area (Å²) in [5.74, 6) is 0. The first-order chi connectivity index (χ1) is 19.4. The highest BCUT2D eigenvalue weighted by atomic mass is 19.4. The maximum absolute atomic E-state index is 13.7. The number of carbonyl (C=O) groups is 2. The summed E-state index contributed by atoms with van der Waals surface area (Å²) < 4.78 is 132. The molecule has 0 radical (unpaired) electrons. The van der Waals surface area contributed by atoms with Crippen molar-refractivity contribution >= 4 is 17.9 Å². The molecule has 0 saturated carbocycles. The molecule has 232 valence electrons. The summed E-state index contributed by atoms with van der Waals surface area (Å²) in [6.07, 6.45) is -17.7. The Morgan fingerprint density at radius 2 is 1.50 bits per heavy atom. The number of halogens is 9. The molecule has 2 aromatic carbocycles. The van der Waals surface area contributed by atoms with Gasteiger partial charge in [0, 0.05) is 12.6 Å². The molecular formula is C26H25F9N2O5. The topological polar surface area (TPSA) is 79.3 Å². The summed E-state index contributed by atoms with van der Waals surface area (Å²) in [6.45, 7) is -0.290. The lowest BCUT2D eigenvalue weighted by Crippen LogP contribution is -2.49. The van der Waals surface area contributed by atoms with Crippen LogP contribution in [0.2, 0.25) is 0 Å². The monoisotopic (exact) mass is 616 g/mol. The van der Waals surface area contributed by atoms with Gasteiger partial charge in [0.1, 0.15) is 6.61 Å². The van der Waals surface area contributed by atoms with Crippen molar-refractivity contribution < 1.29 is 63.7 Å². The first-order valence-corrected chi connectivity index (χ1v) is 12.3. The average molecular weight is 616 g/mol. The van der Waals surface area contributed by atoms with Crippen molar-refractivity contribution in [2.75, 3.05) is 25.2 Å². The van der Waals surface area contributed by atoms with E-state index in [1.54, 1.807) is 6.92 Å². The fraction of sp³-hybridized carbons (Fsp3) is 0.462. The van der Waals surface area contributed by atoms with Crippen molar-refractivity contribution in [1.29, 1.82) is 0 Å². The van der Waals surface area contributed by atoms with Crippen LogP contribution in [0.3, 0.4) is 0 Å². The van der Waals surface area contributed by atoms with E-state index in [2.05, 4.69) is 0 Å². The highest BCUT2D eigenvalue weighted by Gasteiger charge is 2.43. The molecule has 2 aromatic rings. The molecule has 3 rings (SSSR count). The van der Waals surface area contributed by atoms with Gasteiger partial charge in [-0.3, -0.25) is 9.80 Å². The zero-order valence-electron chi connectivity index (χ0n) is 22.0. The van der Waals surface area contributed by atoms with Gasteiger partial charge in [0.2, 0.25) is 0 Å². The number of rotatable bonds is 6. The van der Waals surface area contributed by atoms with Crippen molar-refractivity contribution in [1.82, 2.24) is 4.90 Å². The third-order valence-electron chi connectivity index (χ3n) is 6.60. The van der Waals surface area contributed by atoms with Crippen LogP contribution in [0.15, 0.2) is 36.4 Å². The standard InChI is InChI=1S/C26H25F9N2O5/c1-3-18-12-21(19-11-15(24(27,28)29)4-5-20(19)37(18)23(40)42-7-6-38)36(22(39)41-2)13-14-8-16(25(30,31)32)10-17(9-14)26(33,34)35/h4-5,8-11,18,21,38H,3,6-7,12-13H2,1-2H3. The second kappa shape index (κ2) is 12.3. The number of ether oxygens (including phenoxy) is 2. The van der Waals surface area contributed by atoms with Crippen LogP contribution in [0.4, 0.5) is 54.8 Å². The molecule has 0 aromatic heterocycles. The fourth-order valence-electron chi connectivity index (χ4n) is 4.72. The lowest BCUT2D eigenvalue weighted by atomic mass is 9.87. The van der Waals surface area contributed by atoms with Crippen molar-refractivity contribution in [3.8, 4) is 0 Å². The summed E-state index contributed by atoms with van der Waals surface area (Å²) in [7, 11) is 0.883. The predicted octanol–water partition coefficient (Wildman–Crippen LogP) is 7.17. The Morgan fingerprint density at radius 3 is 1.98 bits per heavy atom. The second-order valence-corrected chi connectivity index (χ2v) is 9.30. The molecule has 0 spiro atoms. The van der Waals surface area contributed by atoms with Crippen LogP contribution >= 0.6 is 0 Å². The van der Waals surface area contributed by atoms with Crippen molar-refractivity contribution in [2.45, 2.75) is 56.9 Å². The zero-order valence-corrected chi connectivity index (χ0v) is 22.0. The number of methoxy groups -OCH3 is 1. The summed E-state index contributed by atoms with van der Waals surface area (Å²) in [5.41, 5.74) is -5.51. The number of carbonyl (C=O) groups excluding carboxylic acids is 2. The summed E-state index contributed by atoms with van der Waals surface area (Å²) in [6, 6.07) is 0.741. The van der Waals surface area contributed by atoms with Crippen LogP contribution in [0.1, 0.15) is 53.6 Å². The number of hydrogen-bond acceptors (Lipinski definition) is 5. The molecule has 0 bridgehead atoms. The van der Waals surface area contributed by atoms with Gasteiger partial charge >= 0.3 is 30.7 Å². The number of benzene rings is 2. The molecule has 1 aliphatic rings. The molecule has 2 amide bonds. The number of anilines is 1. The summed E-state index contributed by atoms with van der Waals surface area (Å²) in [4.78, 5) is 27.5. The highest BCUT2D eigenvalue weighted by molar-refractivity contribution is 5.90. The van der Waals surface area contributed by atoms with Crippen LogP contribution < -0.4 is 4.90 Å². The van der Waals surface area contributed by atoms with E-state index in [4.69, 9.17) is 14.6 Å². The van der Waals surface area contributed by atoms with Crippen LogP contribution in [0, 0.1) is 0 Å². The van der Waals surface area contributed by atoms with E-state index in [1.165, 1.54) is 0 Å². The molecule has 0 aliphatic carbocycles. The molecule has 2 unspecified atom stereocenters. The number of nitrogens with zero attached hydrogens (tertiary/aromatic N) is 2. The largest absolute Gasteiger partial charge is 0.453 e. The van der Waals surface area contributed by atoms with Gasteiger partial charge in [-0.2, -0.15) is 39.5 Å². The molecule has 0 saturated heterocycles. The van der Waals surface area contributed by atoms with E-state index in [9.17, 15) is 49.1 Å². The number of amides is 2. The Kier molecular flexibility index (Phi) is 9.59. The third kappa shape index (κ3) is 7.20. The number of aliphatic hydroxyl groups excluding tert-OH is 1. The first-order valence-electron chi connectivity index (χ1n) is 12.3. The number of alkyl halides is 9. The quantitative estimate of drug-likeness (QED) is 0.348. The maximum atomic E-state index is 13.7. The van der Waals surface area contributed by atoms with Gasteiger partial charge in [-0.15, -0.1) is 0 Å². The minimum atomic E-state index is -5.19. The minimum Gasteiger partial charge on any atom is -0.453 e. The van der Waals surface area contributed by atoms with E-state index in [0.717, 1.165) is 18.1 Å². The lowest BCUT2D eigenvalue weighted by molar-refractivity contribution is -0.143. The van der Waals surface area contributed by atoms with Crippen LogP contribution in [-0.2, 0) is 34.5 Å². The molecular weight excluding hydrogens is 591 g/mol. The zero-order chi connectivity index (χ0) is 31.6. The van der Waals surface area contributed by atoms with Crippen molar-refractivity contribution in [3.63, 3.8) is 0 Å². The van der Waals surface area contributed by atoms with Gasteiger partial charge in [-0.05, 0) is 60.4 Å². The second-order valence-electron chi connectivity index (χ2n) is 9.30. The van der Waals surface area contributed by atoms with Gasteiger partial charge in [0.25, 0.3) is 0 Å². The molecule has 1 heterocycles. The lowest BCUT2D eigenvalue weighted by Gasteiger charge is -2.43. The van der Waals surface area contributed by atoms with Crippen LogP contribution in [0.5, 0.6) is 0 Å². The Hall–Kier alpha value is -3.69. The van der Waals surface area contributed by atoms with Gasteiger partial charge in [-0.25, -0.2) is 9.59 Å². The molecule has 1 N–H and O–H groups in total. The van der Waals surface area contributed by atoms with Gasteiger partial charge < -0.3 is 14.6 Å².